The minimum Gasteiger partial charge on any atom is -0.505 e. The van der Waals surface area contributed by atoms with Crippen molar-refractivity contribution < 1.29 is 91.5 Å². The molecule has 9 rings (SSSR count). The molecule has 1 fully saturated rings. The number of fused-ring (bicyclic) bond motifs is 2. The molecular formula is C67H73N13O20S5. The van der Waals surface area contributed by atoms with Crippen LogP contribution >= 0.6 is 12.2 Å². The number of aromatic hydroxyl groups is 2. The van der Waals surface area contributed by atoms with Crippen molar-refractivity contribution in [3.63, 3.8) is 0 Å². The minimum atomic E-state index is -5.14. The summed E-state index contributed by atoms with van der Waals surface area (Å²) < 4.78 is 136. The van der Waals surface area contributed by atoms with E-state index in [-0.39, 0.29) is 74.4 Å². The Morgan fingerprint density at radius 3 is 1.20 bits per heavy atom. The molecule has 1 aliphatic heterocycles. The fraction of sp³-hybridized carbons (Fsp3) is 0.269. The van der Waals surface area contributed by atoms with Crippen molar-refractivity contribution in [3.8, 4) is 33.8 Å². The summed E-state index contributed by atoms with van der Waals surface area (Å²) in [6.45, 7) is 8.42. The van der Waals surface area contributed by atoms with Crippen LogP contribution in [-0.4, -0.2) is 187 Å². The Labute approximate surface area is 607 Å². The van der Waals surface area contributed by atoms with Crippen LogP contribution in [0.5, 0.6) is 11.5 Å². The van der Waals surface area contributed by atoms with Gasteiger partial charge in [0.05, 0.1) is 53.2 Å². The number of hydrogen-bond donors (Lipinski definition) is 14. The monoisotopic (exact) mass is 1540 g/mol. The molecule has 1 heterocycles. The normalized spacial score (nSPS) is 14.2. The Balaban J connectivity index is 0.851. The first-order valence-corrected chi connectivity index (χ1v) is 38.0. The van der Waals surface area contributed by atoms with Gasteiger partial charge in [-0.3, -0.25) is 52.1 Å². The highest BCUT2D eigenvalue weighted by Crippen LogP contribution is 2.46. The summed E-state index contributed by atoms with van der Waals surface area (Å²) in [6, 6.07) is 25.9. The van der Waals surface area contributed by atoms with Crippen molar-refractivity contribution in [2.45, 2.75) is 72.6 Å². The molecule has 33 nitrogen and oxygen atoms in total. The molecule has 1 atom stereocenters. The van der Waals surface area contributed by atoms with Crippen molar-refractivity contribution in [2.24, 2.45) is 20.5 Å². The average Bonchev–Trinajstić information content (AvgIpc) is 0.787. The number of thiocarbonyl (C=S) groups is 1. The molecule has 8 aromatic carbocycles. The third kappa shape index (κ3) is 19.6. The molecule has 0 aromatic heterocycles. The lowest BCUT2D eigenvalue weighted by molar-refractivity contribution is -0.140. The van der Waals surface area contributed by atoms with Crippen molar-refractivity contribution in [1.29, 1.82) is 0 Å². The SMILES string of the molecule is Cc1cc(-c2ccc(NC(=O)[C@H](CCCCNC(=S)Nc3ccc(-c4ccc(N=Nc5ccc6c(S(=O)(=O)O)cc(S(=O)(=O)O)c(N)c6c5O)c(C)c4)cc3C)NC(=O)CN3CCN(CC(=O)O)CCN(CC(=O)O)CC3)c(C)c2)ccc1N=Nc1ccc2c(S(=O)(=O)O)cc(S(=O)(=O)O)c(N)c2c1O. The second kappa shape index (κ2) is 32.4. The zero-order chi connectivity index (χ0) is 76.8. The molecule has 0 spiro atoms. The van der Waals surface area contributed by atoms with Crippen LogP contribution in [0.15, 0.2) is 149 Å². The predicted octanol–water partition coefficient (Wildman–Crippen LogP) is 8.62. The van der Waals surface area contributed by atoms with Crippen molar-refractivity contribution in [2.75, 3.05) is 87.5 Å². The van der Waals surface area contributed by atoms with Crippen LogP contribution < -0.4 is 32.7 Å². The van der Waals surface area contributed by atoms with Gasteiger partial charge in [-0.15, -0.1) is 10.2 Å². The topological polar surface area (TPSA) is 526 Å². The molecule has 105 heavy (non-hydrogen) atoms. The summed E-state index contributed by atoms with van der Waals surface area (Å²) in [7, 11) is -20.4. The number of hydrogen-bond acceptors (Lipinski definition) is 24. The third-order valence-electron chi connectivity index (χ3n) is 17.2. The first kappa shape index (κ1) is 78.9. The van der Waals surface area contributed by atoms with Crippen LogP contribution in [-0.2, 0) is 59.7 Å². The van der Waals surface area contributed by atoms with E-state index >= 15 is 0 Å². The second-order valence-electron chi connectivity index (χ2n) is 24.7. The van der Waals surface area contributed by atoms with Crippen LogP contribution in [0.4, 0.5) is 45.5 Å². The van der Waals surface area contributed by atoms with E-state index in [1.807, 2.05) is 37.3 Å². The fourth-order valence-corrected chi connectivity index (χ4v) is 14.9. The molecule has 0 radical (unpaired) electrons. The summed E-state index contributed by atoms with van der Waals surface area (Å²) >= 11 is 5.68. The van der Waals surface area contributed by atoms with Crippen molar-refractivity contribution in [1.82, 2.24) is 25.3 Å². The summed E-state index contributed by atoms with van der Waals surface area (Å²) in [6.07, 6.45) is 1.08. The molecule has 1 aliphatic rings. The number of nitrogens with zero attached hydrogens (tertiary/aromatic N) is 7. The van der Waals surface area contributed by atoms with Gasteiger partial charge in [0.1, 0.15) is 37.0 Å². The van der Waals surface area contributed by atoms with Gasteiger partial charge in [0.15, 0.2) is 16.6 Å². The van der Waals surface area contributed by atoms with Crippen LogP contribution in [0.1, 0.15) is 41.5 Å². The summed E-state index contributed by atoms with van der Waals surface area (Å²) in [5.41, 5.74) is 17.6. The van der Waals surface area contributed by atoms with E-state index in [0.29, 0.717) is 89.2 Å². The van der Waals surface area contributed by atoms with E-state index in [9.17, 15) is 91.5 Å². The molecular weight excluding hydrogens is 1470 g/mol. The Morgan fingerprint density at radius 1 is 0.476 bits per heavy atom. The Morgan fingerprint density at radius 2 is 0.829 bits per heavy atom. The highest BCUT2D eigenvalue weighted by atomic mass is 32.2. The van der Waals surface area contributed by atoms with E-state index in [2.05, 4.69) is 41.7 Å². The van der Waals surface area contributed by atoms with Crippen molar-refractivity contribution >= 4 is 149 Å². The number of azo groups is 2. The van der Waals surface area contributed by atoms with Crippen LogP contribution in [0.2, 0.25) is 0 Å². The molecule has 0 saturated carbocycles. The molecule has 556 valence electrons. The van der Waals surface area contributed by atoms with Gasteiger partial charge in [0.2, 0.25) is 11.8 Å². The lowest BCUT2D eigenvalue weighted by Crippen LogP contribution is -2.49. The van der Waals surface area contributed by atoms with Gasteiger partial charge in [0, 0.05) is 68.0 Å². The Hall–Kier alpha value is -10.2. The Bertz CT molecular complexity index is 5350. The number of benzene rings is 8. The smallest absolute Gasteiger partial charge is 0.317 e. The summed E-state index contributed by atoms with van der Waals surface area (Å²) in [5.74, 6) is -4.72. The molecule has 0 bridgehead atoms. The van der Waals surface area contributed by atoms with E-state index < -0.39 is 123 Å². The first-order valence-electron chi connectivity index (χ1n) is 31.8. The number of anilines is 4. The number of amides is 2. The predicted molar refractivity (Wildman–Crippen MR) is 394 cm³/mol. The summed E-state index contributed by atoms with van der Waals surface area (Å²) in [5, 5.41) is 69.0. The highest BCUT2D eigenvalue weighted by molar-refractivity contribution is 7.87. The molecule has 16 N–H and O–H groups in total. The number of carboxylic acid groups (broad SMARTS) is 2. The van der Waals surface area contributed by atoms with E-state index in [1.165, 1.54) is 12.1 Å². The number of carbonyl (C=O) groups excluding carboxylic acids is 2. The standard InChI is InChI=1S/C67H73N13O20S5/c1-36-27-40(42-10-16-48(38(3)29-42)74-76-50-18-12-44-53(102(89,90)91)31-55(104(95,96)97)62(68)60(44)64(50)86)8-14-46(36)72-66(88)52(71-57(81)33-78-21-23-79(34-58(82)83)25-26-80(24-22-78)35-59(84)85)7-5-6-20-70-67(101)73-47-15-9-41(28-37(47)2)43-11-17-49(39(4)30-43)75-77-51-19-13-45-54(103(92,93)94)32-56(105(98,99)100)63(69)61(45)65(51)87/h8-19,27-32,52,86-87H,5-7,20-26,33-35,68-69H2,1-4H3,(H,71,81)(H,72,88)(H,82,83)(H,84,85)(H2,70,73,101)(H,89,90,91)(H,92,93,94)(H,95,96,97)(H,98,99,100)/t52-/m0/s1. The maximum Gasteiger partial charge on any atom is 0.317 e. The minimum absolute atomic E-state index is 0.176. The van der Waals surface area contributed by atoms with Crippen LogP contribution in [0.25, 0.3) is 43.8 Å². The fourth-order valence-electron chi connectivity index (χ4n) is 11.8. The van der Waals surface area contributed by atoms with E-state index in [4.69, 9.17) is 23.7 Å². The number of nitrogens with one attached hydrogen (secondary N) is 4. The molecule has 2 amide bonds. The number of phenolic OH excluding ortho intramolecular Hbond substituents is 2. The van der Waals surface area contributed by atoms with Crippen molar-refractivity contribution in [3.05, 3.63) is 131 Å². The number of aliphatic carboxylic acids is 2. The zero-order valence-corrected chi connectivity index (χ0v) is 60.5. The van der Waals surface area contributed by atoms with Gasteiger partial charge in [-0.1, -0.05) is 36.4 Å². The number of nitrogen functional groups attached to an aromatic ring is 2. The van der Waals surface area contributed by atoms with Crippen LogP contribution in [0, 0.1) is 27.7 Å². The number of carbonyl (C=O) groups is 4. The average molecular weight is 1540 g/mol. The van der Waals surface area contributed by atoms with Crippen LogP contribution in [0.3, 0.4) is 0 Å². The number of aryl methyl sites for hydroxylation is 4. The van der Waals surface area contributed by atoms with Gasteiger partial charge >= 0.3 is 11.9 Å². The third-order valence-corrected chi connectivity index (χ3v) is 21.1. The Kier molecular flexibility index (Phi) is 24.4. The van der Waals surface area contributed by atoms with E-state index in [1.54, 1.807) is 77.9 Å². The molecule has 1 saturated heterocycles. The molecule has 8 aromatic rings. The second-order valence-corrected chi connectivity index (χ2v) is 30.7. The number of phenols is 2. The quantitative estimate of drug-likeness (QED) is 0.00836. The number of unbranched alkanes of at least 4 members (excludes halogenated alkanes) is 1. The number of nitrogens with two attached hydrogens (primary N) is 2. The molecule has 38 heteroatoms. The maximum absolute atomic E-state index is 14.4. The summed E-state index contributed by atoms with van der Waals surface area (Å²) in [4.78, 5) is 53.0. The highest BCUT2D eigenvalue weighted by Gasteiger charge is 2.30. The van der Waals surface area contributed by atoms with Gasteiger partial charge in [0.25, 0.3) is 40.5 Å². The molecule has 0 unspecified atom stereocenters. The largest absolute Gasteiger partial charge is 0.505 e. The van der Waals surface area contributed by atoms with Gasteiger partial charge in [-0.2, -0.15) is 43.9 Å². The van der Waals surface area contributed by atoms with E-state index in [0.717, 1.165) is 39.9 Å². The van der Waals surface area contributed by atoms with Gasteiger partial charge < -0.3 is 53.2 Å². The molecule has 0 aliphatic carbocycles. The maximum atomic E-state index is 14.4. The number of carboxylic acids is 2. The van der Waals surface area contributed by atoms with Gasteiger partial charge in [-0.05, 0) is 176 Å². The van der Waals surface area contributed by atoms with Gasteiger partial charge in [-0.25, -0.2) is 0 Å². The lowest BCUT2D eigenvalue weighted by atomic mass is 10.00. The first-order chi connectivity index (χ1) is 49.2. The zero-order valence-electron chi connectivity index (χ0n) is 56.5. The lowest BCUT2D eigenvalue weighted by Gasteiger charge is -2.26. The number of rotatable bonds is 25.